The van der Waals surface area contributed by atoms with Gasteiger partial charge in [0.1, 0.15) is 0 Å². The van der Waals surface area contributed by atoms with Crippen molar-refractivity contribution < 1.29 is 95.9 Å². The summed E-state index contributed by atoms with van der Waals surface area (Å²) in [5, 5.41) is 21.0. The number of nitrogens with zero attached hydrogens (tertiary/aromatic N) is 2. The minimum atomic E-state index is -1.01. The monoisotopic (exact) mass is 1310 g/mol. The molecule has 0 saturated carbocycles. The molecule has 26 heteroatoms. The van der Waals surface area contributed by atoms with Crippen molar-refractivity contribution in [2.75, 3.05) is 95.3 Å². The molecule has 90 heavy (non-hydrogen) atoms. The van der Waals surface area contributed by atoms with Gasteiger partial charge in [0.25, 0.3) is 11.8 Å². The number of hydrogen-bond donors (Lipinski definition) is 2. The van der Waals surface area contributed by atoms with Crippen molar-refractivity contribution in [1.82, 2.24) is 9.80 Å². The van der Waals surface area contributed by atoms with Crippen LogP contribution < -0.4 is 37.9 Å². The highest BCUT2D eigenvalue weighted by Crippen LogP contribution is 2.41. The van der Waals surface area contributed by atoms with Crippen LogP contribution in [0.4, 0.5) is 0 Å². The van der Waals surface area contributed by atoms with Crippen LogP contribution in [0.15, 0.2) is 72.8 Å². The van der Waals surface area contributed by atoms with E-state index in [1.54, 1.807) is 72.5 Å². The zero-order chi connectivity index (χ0) is 65.0. The number of ketones is 2. The third-order valence-corrected chi connectivity index (χ3v) is 18.0. The Kier molecular flexibility index (Phi) is 25.4. The third-order valence-electron chi connectivity index (χ3n) is 13.5. The number of methoxy groups -OCH3 is 4. The van der Waals surface area contributed by atoms with E-state index in [1.165, 1.54) is 69.4 Å². The average molecular weight is 1320 g/mol. The Morgan fingerprint density at radius 2 is 0.678 bits per heavy atom. The molecule has 4 aromatic carbocycles. The molecule has 0 fully saturated rings. The molecular weight excluding hydrogens is 1240 g/mol. The van der Waals surface area contributed by atoms with Crippen LogP contribution >= 0.6 is 45.3 Å². The maximum atomic E-state index is 13.0. The molecule has 0 bridgehead atoms. The first-order chi connectivity index (χ1) is 43.2. The van der Waals surface area contributed by atoms with Crippen LogP contribution in [-0.4, -0.2) is 163 Å². The summed E-state index contributed by atoms with van der Waals surface area (Å²) in [6.45, 7) is 5.78. The van der Waals surface area contributed by atoms with E-state index in [0.717, 1.165) is 40.3 Å². The van der Waals surface area contributed by atoms with Gasteiger partial charge in [-0.2, -0.15) is 0 Å². The van der Waals surface area contributed by atoms with Gasteiger partial charge < -0.3 is 67.4 Å². The SMILES string of the molecule is CCOC(=O)CCC(=O)c1cc2cc(OC)c(OCCCOc3cc4cc(C(=O)N(C)CCC(=O)OCC)sc4cc3OC)cc2s1.COc1cc2sc(C(=O)N(C)CCC(=O)O)cc2cc1OCCCOc1cc2sc(C(=O)CCC(=O)O)cc2cc1OC. The van der Waals surface area contributed by atoms with Crippen molar-refractivity contribution in [3.63, 3.8) is 0 Å². The molecule has 0 aliphatic carbocycles. The molecule has 0 spiro atoms. The van der Waals surface area contributed by atoms with Crippen LogP contribution in [0.3, 0.4) is 0 Å². The highest BCUT2D eigenvalue weighted by atomic mass is 32.1. The summed E-state index contributed by atoms with van der Waals surface area (Å²) in [5.74, 6) is 0.794. The molecule has 8 rings (SSSR count). The second kappa shape index (κ2) is 33.2. The van der Waals surface area contributed by atoms with Crippen molar-refractivity contribution in [3.05, 3.63) is 92.3 Å². The number of amides is 2. The van der Waals surface area contributed by atoms with Gasteiger partial charge >= 0.3 is 23.9 Å². The van der Waals surface area contributed by atoms with E-state index in [-0.39, 0.29) is 93.5 Å². The molecule has 480 valence electrons. The van der Waals surface area contributed by atoms with Gasteiger partial charge in [-0.05, 0) is 83.9 Å². The molecule has 4 heterocycles. The number of fused-ring (bicyclic) bond motifs is 4. The maximum Gasteiger partial charge on any atom is 0.307 e. The van der Waals surface area contributed by atoms with Gasteiger partial charge in [-0.3, -0.25) is 38.4 Å². The van der Waals surface area contributed by atoms with Crippen LogP contribution in [0.5, 0.6) is 46.0 Å². The van der Waals surface area contributed by atoms with Crippen LogP contribution in [0.2, 0.25) is 0 Å². The second-order valence-electron chi connectivity index (χ2n) is 19.9. The van der Waals surface area contributed by atoms with Crippen molar-refractivity contribution in [2.45, 2.75) is 65.2 Å². The van der Waals surface area contributed by atoms with E-state index in [2.05, 4.69) is 0 Å². The van der Waals surface area contributed by atoms with Gasteiger partial charge in [0, 0.05) is 95.9 Å². The minimum absolute atomic E-state index is 0.0474. The highest BCUT2D eigenvalue weighted by Gasteiger charge is 2.22. The standard InChI is InChI=1S/C34H39NO10S2.C30H31NO10S2/c1-6-42-32(37)10-9-23(36)30-17-21-15-24(40-4)27(20-29(21)46-30)45-14-8-13-44-26-16-22-18-31(47-28(22)19-25(26)41-5)34(39)35(3)12-11-33(38)43-7-2;1-31(8-7-29(35)36)30(37)27-14-18-12-22(21(39-3)15-24(18)43-27)40-9-4-10-41-23-16-25-17(11-20(23)38-2)13-26(42-25)19(32)5-6-28(33)34/h15-20H,6-14H2,1-5H3;11-16H,4-10H2,1-3H3,(H,33,34)(H,35,36). The quantitative estimate of drug-likeness (QED) is 0.0215. The number of thiophene rings is 4. The lowest BCUT2D eigenvalue weighted by atomic mass is 10.1. The summed E-state index contributed by atoms with van der Waals surface area (Å²) in [4.78, 5) is 101. The lowest BCUT2D eigenvalue weighted by molar-refractivity contribution is -0.144. The van der Waals surface area contributed by atoms with Crippen LogP contribution in [-0.2, 0) is 28.7 Å². The molecule has 4 aromatic heterocycles. The molecule has 0 aliphatic heterocycles. The van der Waals surface area contributed by atoms with Gasteiger partial charge in [0.15, 0.2) is 57.6 Å². The summed E-state index contributed by atoms with van der Waals surface area (Å²) < 4.78 is 59.4. The average Bonchev–Trinajstić information content (AvgIpc) is 2.06. The van der Waals surface area contributed by atoms with E-state index in [1.807, 2.05) is 42.5 Å². The smallest absolute Gasteiger partial charge is 0.307 e. The number of Topliss-reactive ketones (excluding diaryl/α,β-unsaturated/α-hetero) is 2. The number of esters is 2. The Morgan fingerprint density at radius 3 is 1.04 bits per heavy atom. The number of carboxylic acids is 2. The van der Waals surface area contributed by atoms with E-state index >= 15 is 0 Å². The summed E-state index contributed by atoms with van der Waals surface area (Å²) in [6.07, 6.45) is 0.962. The summed E-state index contributed by atoms with van der Waals surface area (Å²) in [5.41, 5.74) is 0. The number of hydrogen-bond acceptors (Lipinski definition) is 22. The first-order valence-corrected chi connectivity index (χ1v) is 31.8. The number of carbonyl (C=O) groups is 8. The topological polar surface area (TPSA) is 276 Å². The first-order valence-electron chi connectivity index (χ1n) is 28.6. The molecule has 2 N–H and O–H groups in total. The Morgan fingerprint density at radius 1 is 0.378 bits per heavy atom. The Balaban J connectivity index is 0.000000257. The fourth-order valence-electron chi connectivity index (χ4n) is 8.86. The van der Waals surface area contributed by atoms with Gasteiger partial charge in [0.2, 0.25) is 0 Å². The van der Waals surface area contributed by atoms with Gasteiger partial charge in [0.05, 0.1) is 113 Å². The number of carboxylic acid groups (broad SMARTS) is 2. The van der Waals surface area contributed by atoms with E-state index in [4.69, 9.17) is 57.6 Å². The maximum absolute atomic E-state index is 13.0. The largest absolute Gasteiger partial charge is 0.493 e. The fourth-order valence-corrected chi connectivity index (χ4v) is 13.1. The lowest BCUT2D eigenvalue weighted by Crippen LogP contribution is -2.28. The van der Waals surface area contributed by atoms with E-state index < -0.39 is 11.9 Å². The fraction of sp³-hybridized carbons (Fsp3) is 0.375. The van der Waals surface area contributed by atoms with Crippen LogP contribution in [0, 0.1) is 0 Å². The van der Waals surface area contributed by atoms with Crippen LogP contribution in [0.1, 0.15) is 104 Å². The van der Waals surface area contributed by atoms with Crippen molar-refractivity contribution >= 4 is 133 Å². The van der Waals surface area contributed by atoms with Crippen LogP contribution in [0.25, 0.3) is 40.3 Å². The number of carbonyl (C=O) groups excluding carboxylic acids is 6. The highest BCUT2D eigenvalue weighted by molar-refractivity contribution is 7.22. The molecule has 0 unspecified atom stereocenters. The van der Waals surface area contributed by atoms with Crippen molar-refractivity contribution in [3.8, 4) is 46.0 Å². The molecule has 2 amide bonds. The minimum Gasteiger partial charge on any atom is -0.493 e. The second-order valence-corrected chi connectivity index (χ2v) is 24.2. The summed E-state index contributed by atoms with van der Waals surface area (Å²) in [6, 6.07) is 21.7. The molecule has 0 aliphatic rings. The predicted molar refractivity (Wildman–Crippen MR) is 344 cm³/mol. The lowest BCUT2D eigenvalue weighted by Gasteiger charge is -2.15. The van der Waals surface area contributed by atoms with Gasteiger partial charge in [-0.25, -0.2) is 0 Å². The number of ether oxygens (including phenoxy) is 10. The zero-order valence-electron chi connectivity index (χ0n) is 51.0. The molecule has 8 aromatic rings. The number of aliphatic carboxylic acids is 2. The zero-order valence-corrected chi connectivity index (χ0v) is 54.3. The van der Waals surface area contributed by atoms with E-state index in [9.17, 15) is 38.4 Å². The first kappa shape index (κ1) is 68.8. The Bertz CT molecular complexity index is 3880. The van der Waals surface area contributed by atoms with Crippen molar-refractivity contribution in [1.29, 1.82) is 0 Å². The predicted octanol–water partition coefficient (Wildman–Crippen LogP) is 12.1. The molecule has 0 atom stereocenters. The molecule has 0 radical (unpaired) electrons. The number of benzene rings is 4. The van der Waals surface area contributed by atoms with E-state index in [0.29, 0.717) is 111 Å². The van der Waals surface area contributed by atoms with Crippen molar-refractivity contribution in [2.24, 2.45) is 0 Å². The number of rotatable bonds is 34. The molecular formula is C64H70N2O20S4. The molecule has 0 saturated heterocycles. The Labute approximate surface area is 534 Å². The van der Waals surface area contributed by atoms with Gasteiger partial charge in [-0.15, -0.1) is 45.3 Å². The Hall–Kier alpha value is -8.72. The third kappa shape index (κ3) is 18.7. The normalized spacial score (nSPS) is 10.9. The van der Waals surface area contributed by atoms with Gasteiger partial charge in [-0.1, -0.05) is 0 Å². The summed E-state index contributed by atoms with van der Waals surface area (Å²) >= 11 is 5.27. The molecule has 22 nitrogen and oxygen atoms in total. The summed E-state index contributed by atoms with van der Waals surface area (Å²) in [7, 11) is 9.42.